The summed E-state index contributed by atoms with van der Waals surface area (Å²) < 4.78 is 2.56. The van der Waals surface area contributed by atoms with Gasteiger partial charge in [-0.25, -0.2) is 0 Å². The third-order valence-electron chi connectivity index (χ3n) is 10.5. The molecule has 1 aromatic rings. The zero-order chi connectivity index (χ0) is 37.1. The maximum atomic E-state index is 5.85. The number of allylic oxidation sites excluding steroid dienone is 17. The first-order chi connectivity index (χ1) is 24.0. The molecule has 1 fully saturated rings. The Morgan fingerprint density at radius 2 is 1.58 bits per heavy atom. The van der Waals surface area contributed by atoms with E-state index in [-0.39, 0.29) is 10.8 Å². The van der Waals surface area contributed by atoms with Gasteiger partial charge in [-0.15, -0.1) is 0 Å². The predicted molar refractivity (Wildman–Crippen MR) is 222 cm³/mol. The molecule has 0 spiro atoms. The number of nitrogens with zero attached hydrogens (tertiary/aromatic N) is 1. The molecule has 1 saturated carbocycles. The summed E-state index contributed by atoms with van der Waals surface area (Å²) in [5.41, 5.74) is 26.3. The molecule has 5 rings (SSSR count). The molecule has 1 aliphatic heterocycles. The highest BCUT2D eigenvalue weighted by molar-refractivity contribution is 6.07. The van der Waals surface area contributed by atoms with E-state index in [1.807, 2.05) is 19.9 Å². The topological polar surface area (TPSA) is 55.0 Å². The molecule has 3 aliphatic carbocycles. The molecule has 0 unspecified atom stereocenters. The first-order valence-electron chi connectivity index (χ1n) is 19.0. The van der Waals surface area contributed by atoms with Crippen LogP contribution >= 0.6 is 0 Å². The highest BCUT2D eigenvalue weighted by Crippen LogP contribution is 2.52. The van der Waals surface area contributed by atoms with Crippen molar-refractivity contribution in [3.8, 4) is 0 Å². The van der Waals surface area contributed by atoms with Crippen LogP contribution in [0.4, 0.5) is 0 Å². The quantitative estimate of drug-likeness (QED) is 0.182. The highest BCUT2D eigenvalue weighted by atomic mass is 15.1. The molecule has 0 saturated heterocycles. The van der Waals surface area contributed by atoms with E-state index in [1.165, 1.54) is 81.4 Å². The van der Waals surface area contributed by atoms with Gasteiger partial charge in [0.05, 0.1) is 5.41 Å². The van der Waals surface area contributed by atoms with E-state index in [0.717, 1.165) is 50.8 Å². The van der Waals surface area contributed by atoms with E-state index in [2.05, 4.69) is 138 Å². The summed E-state index contributed by atoms with van der Waals surface area (Å²) in [5, 5.41) is 0. The van der Waals surface area contributed by atoms with Crippen LogP contribution in [-0.2, 0) is 0 Å². The Morgan fingerprint density at radius 1 is 0.900 bits per heavy atom. The summed E-state index contributed by atoms with van der Waals surface area (Å²) in [5.74, 6) is 0. The minimum atomic E-state index is -0.138. The number of benzene rings is 1. The summed E-state index contributed by atoms with van der Waals surface area (Å²) >= 11 is 0. The third-order valence-corrected chi connectivity index (χ3v) is 10.5. The normalized spacial score (nSPS) is 22.0. The van der Waals surface area contributed by atoms with E-state index < -0.39 is 0 Å². The van der Waals surface area contributed by atoms with Crippen LogP contribution in [-0.4, -0.2) is 23.9 Å². The van der Waals surface area contributed by atoms with Gasteiger partial charge >= 0.3 is 0 Å². The van der Waals surface area contributed by atoms with Gasteiger partial charge in [0.2, 0.25) is 5.70 Å². The molecular formula is C47H66N3+. The monoisotopic (exact) mass is 673 g/mol. The van der Waals surface area contributed by atoms with E-state index in [0.29, 0.717) is 0 Å². The molecule has 268 valence electrons. The maximum absolute atomic E-state index is 5.85. The van der Waals surface area contributed by atoms with Crippen molar-refractivity contribution >= 4 is 16.9 Å². The first kappa shape index (κ1) is 40.5. The number of hydrogen-bond donors (Lipinski definition) is 2. The van der Waals surface area contributed by atoms with E-state index >= 15 is 0 Å². The summed E-state index contributed by atoms with van der Waals surface area (Å²) in [6, 6.07) is 8.92. The molecule has 4 N–H and O–H groups in total. The third kappa shape index (κ3) is 8.49. The highest BCUT2D eigenvalue weighted by Gasteiger charge is 2.46. The van der Waals surface area contributed by atoms with Crippen LogP contribution in [0.5, 0.6) is 0 Å². The van der Waals surface area contributed by atoms with Crippen molar-refractivity contribution in [2.75, 3.05) is 13.6 Å². The fourth-order valence-corrected chi connectivity index (χ4v) is 7.93. The number of hydrogen-bond acceptors (Lipinski definition) is 2. The smallest absolute Gasteiger partial charge is 0.205 e. The van der Waals surface area contributed by atoms with E-state index in [1.54, 1.807) is 0 Å². The molecule has 0 bridgehead atoms. The van der Waals surface area contributed by atoms with Gasteiger partial charge in [0.1, 0.15) is 6.54 Å². The molecule has 4 aliphatic rings. The van der Waals surface area contributed by atoms with Gasteiger partial charge in [0, 0.05) is 29.2 Å². The maximum Gasteiger partial charge on any atom is 0.205 e. The van der Waals surface area contributed by atoms with Crippen LogP contribution < -0.4 is 11.5 Å². The van der Waals surface area contributed by atoms with Crippen molar-refractivity contribution in [1.82, 2.24) is 0 Å². The number of nitrogens with two attached hydrogens (primary N) is 2. The Balaban J connectivity index is 0.00000163. The van der Waals surface area contributed by atoms with Crippen molar-refractivity contribution in [3.05, 3.63) is 142 Å². The number of rotatable bonds is 11. The van der Waals surface area contributed by atoms with Crippen LogP contribution in [0.1, 0.15) is 118 Å². The van der Waals surface area contributed by atoms with Crippen LogP contribution in [0.2, 0.25) is 0 Å². The zero-order valence-corrected chi connectivity index (χ0v) is 32.9. The zero-order valence-electron chi connectivity index (χ0n) is 32.9. The van der Waals surface area contributed by atoms with Gasteiger partial charge in [-0.1, -0.05) is 114 Å². The van der Waals surface area contributed by atoms with Crippen LogP contribution in [0, 0.1) is 10.8 Å². The molecule has 1 aromatic carbocycles. The second-order valence-corrected chi connectivity index (χ2v) is 14.4. The Bertz CT molecular complexity index is 1700. The van der Waals surface area contributed by atoms with Gasteiger partial charge < -0.3 is 11.5 Å². The second-order valence-electron chi connectivity index (χ2n) is 14.4. The molecule has 0 radical (unpaired) electrons. The lowest BCUT2D eigenvalue weighted by Crippen LogP contribution is -2.24. The summed E-state index contributed by atoms with van der Waals surface area (Å²) in [4.78, 5) is 0. The number of fused-ring (bicyclic) bond motifs is 2. The molecule has 0 aromatic heterocycles. The molecule has 3 nitrogen and oxygen atoms in total. The molecule has 1 heterocycles. The van der Waals surface area contributed by atoms with Crippen LogP contribution in [0.25, 0.3) is 11.1 Å². The van der Waals surface area contributed by atoms with Gasteiger partial charge in [-0.05, 0) is 124 Å². The van der Waals surface area contributed by atoms with E-state index in [4.69, 9.17) is 5.73 Å². The largest absolute Gasteiger partial charge is 0.403 e. The van der Waals surface area contributed by atoms with E-state index in [9.17, 15) is 0 Å². The predicted octanol–water partition coefficient (Wildman–Crippen LogP) is 11.9. The Morgan fingerprint density at radius 3 is 2.22 bits per heavy atom. The van der Waals surface area contributed by atoms with Crippen molar-refractivity contribution in [1.29, 1.82) is 0 Å². The summed E-state index contributed by atoms with van der Waals surface area (Å²) in [7, 11) is 1.50. The molecule has 50 heavy (non-hydrogen) atoms. The van der Waals surface area contributed by atoms with Gasteiger partial charge in [-0.2, -0.15) is 4.58 Å². The van der Waals surface area contributed by atoms with Gasteiger partial charge in [-0.3, -0.25) is 0 Å². The minimum Gasteiger partial charge on any atom is -0.403 e. The van der Waals surface area contributed by atoms with Crippen LogP contribution in [0.15, 0.2) is 131 Å². The molecular weight excluding hydrogens is 607 g/mol. The van der Waals surface area contributed by atoms with Crippen molar-refractivity contribution in [3.63, 3.8) is 0 Å². The fraction of sp³-hybridized carbons (Fsp3) is 0.426. The lowest BCUT2D eigenvalue weighted by atomic mass is 9.80. The SMILES string of the molecule is C=C/C=C1\C(=C/CC)[N+](CCCCCC(=C)N)=C(/C=C/C2=C(C)/C(=C/C=C3/CC4=CCCC=C4C3(C)C)c3ccccc32)C1(C)C.CC.CN. The summed E-state index contributed by atoms with van der Waals surface area (Å²) in [6.07, 6.45) is 29.7. The van der Waals surface area contributed by atoms with Gasteiger partial charge in [0.15, 0.2) is 5.71 Å². The van der Waals surface area contributed by atoms with Crippen molar-refractivity contribution < 1.29 is 4.58 Å². The summed E-state index contributed by atoms with van der Waals surface area (Å²) in [6.45, 7) is 27.0. The average Bonchev–Trinajstić information content (AvgIpc) is 3.61. The van der Waals surface area contributed by atoms with Crippen LogP contribution in [0.3, 0.4) is 0 Å². The lowest BCUT2D eigenvalue weighted by molar-refractivity contribution is -0.469. The Kier molecular flexibility index (Phi) is 14.8. The Labute approximate surface area is 305 Å². The lowest BCUT2D eigenvalue weighted by Gasteiger charge is -2.23. The van der Waals surface area contributed by atoms with Crippen molar-refractivity contribution in [2.24, 2.45) is 22.3 Å². The van der Waals surface area contributed by atoms with Gasteiger partial charge in [0.25, 0.3) is 0 Å². The number of unbranched alkanes of at least 4 members (excludes halogenated alkanes) is 2. The Hall–Kier alpha value is -3.95. The molecule has 0 atom stereocenters. The fourth-order valence-electron chi connectivity index (χ4n) is 7.93. The molecule has 0 amide bonds. The first-order valence-corrected chi connectivity index (χ1v) is 19.0. The second kappa shape index (κ2) is 18.3. The minimum absolute atomic E-state index is 0.0919. The van der Waals surface area contributed by atoms with Crippen molar-refractivity contribution in [2.45, 2.75) is 107 Å². The molecule has 3 heteroatoms. The standard InChI is InChI=1S/C44H55N2.C2H6.CH5N/c1-9-18-40-41(19-10-2)46(29-17-11-12-20-31(3)45)42(44(40,7)8)28-27-36-32(4)35(37-22-14-15-23-38(36)37)26-25-34-30-33-21-13-16-24-39(33)43(34,5)6;2*1-2/h9,14-15,18-19,21-28H,1,3,10-13,16-17,20,29-30,45H2,2,4-8H3;1-2H3;2H2,1H3/q+1;;/b28-27+,34-25-,35-26-,40-18+,41-19+;;. The average molecular weight is 673 g/mol.